The van der Waals surface area contributed by atoms with Gasteiger partial charge in [-0.3, -0.25) is 4.72 Å². The third-order valence-electron chi connectivity index (χ3n) is 2.65. The van der Waals surface area contributed by atoms with Crippen LogP contribution in [0.4, 0.5) is 11.4 Å². The molecule has 0 heterocycles. The number of sulfonamides is 1. The summed E-state index contributed by atoms with van der Waals surface area (Å²) in [6.45, 7) is 0. The minimum absolute atomic E-state index is 0.0368. The first-order valence-electron chi connectivity index (χ1n) is 5.75. The number of nitrogens with two attached hydrogens (primary N) is 1. The number of nitrogen functional groups attached to an aromatic ring is 1. The van der Waals surface area contributed by atoms with Gasteiger partial charge in [0.15, 0.2) is 0 Å². The summed E-state index contributed by atoms with van der Waals surface area (Å²) in [5.74, 6) is 0.600. The second-order valence-electron chi connectivity index (χ2n) is 4.14. The molecule has 0 aliphatic carbocycles. The number of methoxy groups -OCH3 is 1. The van der Waals surface area contributed by atoms with Crippen LogP contribution in [0.3, 0.4) is 0 Å². The molecule has 21 heavy (non-hydrogen) atoms. The zero-order chi connectivity index (χ0) is 15.6. The van der Waals surface area contributed by atoms with E-state index in [1.54, 1.807) is 18.2 Å². The summed E-state index contributed by atoms with van der Waals surface area (Å²) in [5.41, 5.74) is 6.33. The number of hydrogen-bond donors (Lipinski definition) is 2. The van der Waals surface area contributed by atoms with Crippen LogP contribution < -0.4 is 15.2 Å². The van der Waals surface area contributed by atoms with E-state index >= 15 is 0 Å². The lowest BCUT2D eigenvalue weighted by molar-refractivity contribution is 0.412. The average molecular weight is 392 g/mol. The SMILES string of the molecule is COc1ccc(NS(=O)(=O)c2ccc(N)cc2Cl)cc1Br. The lowest BCUT2D eigenvalue weighted by atomic mass is 10.3. The largest absolute Gasteiger partial charge is 0.496 e. The van der Waals surface area contributed by atoms with Crippen LogP contribution in [0.1, 0.15) is 0 Å². The zero-order valence-electron chi connectivity index (χ0n) is 10.9. The predicted octanol–water partition coefficient (Wildman–Crippen LogP) is 3.49. The van der Waals surface area contributed by atoms with Crippen molar-refractivity contribution in [2.24, 2.45) is 0 Å². The first-order valence-corrected chi connectivity index (χ1v) is 8.40. The van der Waals surface area contributed by atoms with Gasteiger partial charge in [-0.2, -0.15) is 0 Å². The van der Waals surface area contributed by atoms with Crippen molar-refractivity contribution < 1.29 is 13.2 Å². The maximum Gasteiger partial charge on any atom is 0.263 e. The summed E-state index contributed by atoms with van der Waals surface area (Å²) in [4.78, 5) is -0.0368. The van der Waals surface area contributed by atoms with Gasteiger partial charge in [0.2, 0.25) is 0 Å². The molecule has 0 radical (unpaired) electrons. The van der Waals surface area contributed by atoms with Crippen LogP contribution in [0, 0.1) is 0 Å². The molecule has 0 aliphatic heterocycles. The third-order valence-corrected chi connectivity index (χ3v) is 5.13. The van der Waals surface area contributed by atoms with Gasteiger partial charge < -0.3 is 10.5 Å². The van der Waals surface area contributed by atoms with Crippen LogP contribution in [0.2, 0.25) is 5.02 Å². The van der Waals surface area contributed by atoms with Crippen molar-refractivity contribution in [3.63, 3.8) is 0 Å². The number of hydrogen-bond acceptors (Lipinski definition) is 4. The van der Waals surface area contributed by atoms with Crippen molar-refractivity contribution in [1.29, 1.82) is 0 Å². The third kappa shape index (κ3) is 3.61. The molecular formula is C13H12BrClN2O3S. The standard InChI is InChI=1S/C13H12BrClN2O3S/c1-20-12-4-3-9(7-10(12)14)17-21(18,19)13-5-2-8(16)6-11(13)15/h2-7,17H,16H2,1H3. The molecule has 5 nitrogen and oxygen atoms in total. The van der Waals surface area contributed by atoms with Gasteiger partial charge in [0.25, 0.3) is 10.0 Å². The first kappa shape index (κ1) is 15.9. The van der Waals surface area contributed by atoms with E-state index < -0.39 is 10.0 Å². The van der Waals surface area contributed by atoms with E-state index in [4.69, 9.17) is 22.1 Å². The van der Waals surface area contributed by atoms with Gasteiger partial charge in [0.1, 0.15) is 10.6 Å². The Labute approximate surface area is 136 Å². The summed E-state index contributed by atoms with van der Waals surface area (Å²) in [6.07, 6.45) is 0. The van der Waals surface area contributed by atoms with E-state index in [-0.39, 0.29) is 9.92 Å². The average Bonchev–Trinajstić information content (AvgIpc) is 2.37. The fraction of sp³-hybridized carbons (Fsp3) is 0.0769. The Bertz CT molecular complexity index is 781. The lowest BCUT2D eigenvalue weighted by Gasteiger charge is -2.11. The minimum Gasteiger partial charge on any atom is -0.496 e. The Kier molecular flexibility index (Phi) is 4.65. The Balaban J connectivity index is 2.35. The molecule has 2 rings (SSSR count). The number of nitrogens with one attached hydrogen (secondary N) is 1. The fourth-order valence-corrected chi connectivity index (χ4v) is 3.82. The lowest BCUT2D eigenvalue weighted by Crippen LogP contribution is -2.13. The molecule has 3 N–H and O–H groups in total. The molecule has 0 aromatic heterocycles. The number of halogens is 2. The summed E-state index contributed by atoms with van der Waals surface area (Å²) in [7, 11) is -2.27. The number of benzene rings is 2. The van der Waals surface area contributed by atoms with E-state index in [0.29, 0.717) is 21.6 Å². The molecule has 0 spiro atoms. The number of rotatable bonds is 4. The molecule has 0 amide bonds. The predicted molar refractivity (Wildman–Crippen MR) is 87.4 cm³/mol. The van der Waals surface area contributed by atoms with Gasteiger partial charge >= 0.3 is 0 Å². The van der Waals surface area contributed by atoms with Crippen molar-refractivity contribution >= 4 is 48.9 Å². The fourth-order valence-electron chi connectivity index (χ4n) is 1.68. The highest BCUT2D eigenvalue weighted by atomic mass is 79.9. The highest BCUT2D eigenvalue weighted by Gasteiger charge is 2.18. The topological polar surface area (TPSA) is 81.4 Å². The van der Waals surface area contributed by atoms with Crippen molar-refractivity contribution in [3.05, 3.63) is 45.9 Å². The van der Waals surface area contributed by atoms with Gasteiger partial charge in [-0.1, -0.05) is 11.6 Å². The zero-order valence-corrected chi connectivity index (χ0v) is 14.1. The van der Waals surface area contributed by atoms with E-state index in [9.17, 15) is 8.42 Å². The Morgan fingerprint density at radius 1 is 1.24 bits per heavy atom. The molecular weight excluding hydrogens is 380 g/mol. The molecule has 0 aliphatic rings. The molecule has 0 saturated carbocycles. The van der Waals surface area contributed by atoms with Crippen LogP contribution in [0.25, 0.3) is 0 Å². The molecule has 0 atom stereocenters. The van der Waals surface area contributed by atoms with Crippen molar-refractivity contribution in [2.45, 2.75) is 4.90 Å². The van der Waals surface area contributed by atoms with Crippen LogP contribution >= 0.6 is 27.5 Å². The molecule has 8 heteroatoms. The second-order valence-corrected chi connectivity index (χ2v) is 7.06. The van der Waals surface area contributed by atoms with Gasteiger partial charge in [-0.25, -0.2) is 8.42 Å². The molecule has 2 aromatic carbocycles. The van der Waals surface area contributed by atoms with E-state index in [0.717, 1.165) is 0 Å². The van der Waals surface area contributed by atoms with E-state index in [1.807, 2.05) is 0 Å². The quantitative estimate of drug-likeness (QED) is 0.782. The second kappa shape index (κ2) is 6.13. The van der Waals surface area contributed by atoms with E-state index in [2.05, 4.69) is 20.7 Å². The monoisotopic (exact) mass is 390 g/mol. The minimum atomic E-state index is -3.80. The first-order chi connectivity index (χ1) is 9.83. The summed E-state index contributed by atoms with van der Waals surface area (Å²) < 4.78 is 32.8. The summed E-state index contributed by atoms with van der Waals surface area (Å²) >= 11 is 9.22. The normalized spacial score (nSPS) is 11.2. The number of ether oxygens (including phenoxy) is 1. The maximum atomic E-state index is 12.3. The Morgan fingerprint density at radius 2 is 1.95 bits per heavy atom. The summed E-state index contributed by atoms with van der Waals surface area (Å²) in [6, 6.07) is 9.06. The van der Waals surface area contributed by atoms with Crippen LogP contribution in [-0.4, -0.2) is 15.5 Å². The van der Waals surface area contributed by atoms with E-state index in [1.165, 1.54) is 25.3 Å². The smallest absolute Gasteiger partial charge is 0.263 e. The van der Waals surface area contributed by atoms with Gasteiger partial charge in [-0.05, 0) is 52.3 Å². The van der Waals surface area contributed by atoms with Crippen LogP contribution in [0.15, 0.2) is 45.8 Å². The molecule has 2 aromatic rings. The Hall–Kier alpha value is -1.44. The molecule has 0 bridgehead atoms. The van der Waals surface area contributed by atoms with Crippen LogP contribution in [-0.2, 0) is 10.0 Å². The van der Waals surface area contributed by atoms with Crippen LogP contribution in [0.5, 0.6) is 5.75 Å². The van der Waals surface area contributed by atoms with Gasteiger partial charge in [0.05, 0.1) is 22.3 Å². The molecule has 0 unspecified atom stereocenters. The van der Waals surface area contributed by atoms with Crippen molar-refractivity contribution in [3.8, 4) is 5.75 Å². The molecule has 0 saturated heterocycles. The van der Waals surface area contributed by atoms with Crippen molar-refractivity contribution in [1.82, 2.24) is 0 Å². The Morgan fingerprint density at radius 3 is 2.52 bits per heavy atom. The molecule has 112 valence electrons. The highest BCUT2D eigenvalue weighted by Crippen LogP contribution is 2.30. The molecule has 0 fully saturated rings. The summed E-state index contributed by atoms with van der Waals surface area (Å²) in [5, 5.41) is 0.0649. The maximum absolute atomic E-state index is 12.3. The van der Waals surface area contributed by atoms with Gasteiger partial charge in [-0.15, -0.1) is 0 Å². The van der Waals surface area contributed by atoms with Gasteiger partial charge in [0, 0.05) is 5.69 Å². The number of anilines is 2. The highest BCUT2D eigenvalue weighted by molar-refractivity contribution is 9.10. The van der Waals surface area contributed by atoms with Crippen molar-refractivity contribution in [2.75, 3.05) is 17.6 Å².